The average Bonchev–Trinajstić information content (AvgIpc) is 3.34. The van der Waals surface area contributed by atoms with Gasteiger partial charge in [0, 0.05) is 24.6 Å². The summed E-state index contributed by atoms with van der Waals surface area (Å²) in [6, 6.07) is 13.3. The van der Waals surface area contributed by atoms with Gasteiger partial charge in [0.05, 0.1) is 17.6 Å². The third-order valence-corrected chi connectivity index (χ3v) is 5.42. The van der Waals surface area contributed by atoms with Gasteiger partial charge in [0.25, 0.3) is 5.92 Å². The van der Waals surface area contributed by atoms with Gasteiger partial charge >= 0.3 is 6.09 Å². The van der Waals surface area contributed by atoms with E-state index in [1.807, 2.05) is 6.07 Å². The van der Waals surface area contributed by atoms with Crippen molar-refractivity contribution in [3.8, 4) is 11.3 Å². The van der Waals surface area contributed by atoms with Crippen molar-refractivity contribution in [2.45, 2.75) is 24.9 Å². The molecule has 0 unspecified atom stereocenters. The Hall–Kier alpha value is -3.61. The van der Waals surface area contributed by atoms with Crippen molar-refractivity contribution in [3.63, 3.8) is 0 Å². The SMILES string of the molecule is O=C(CNCc1cccc(F)c1Cl)N[C@H](COC(=O)Nc1cc(-c2ccccc2)no1)CC(F)(F)CO. The van der Waals surface area contributed by atoms with Crippen LogP contribution in [0.5, 0.6) is 0 Å². The number of carbonyl (C=O) groups is 2. The Kier molecular flexibility index (Phi) is 9.89. The first-order valence-electron chi connectivity index (χ1n) is 11.0. The molecule has 1 atom stereocenters. The fourth-order valence-electron chi connectivity index (χ4n) is 3.24. The highest BCUT2D eigenvalue weighted by Gasteiger charge is 2.33. The Labute approximate surface area is 214 Å². The number of carbonyl (C=O) groups excluding carboxylic acids is 2. The van der Waals surface area contributed by atoms with E-state index in [-0.39, 0.29) is 24.0 Å². The number of rotatable bonds is 12. The van der Waals surface area contributed by atoms with Crippen molar-refractivity contribution >= 4 is 29.5 Å². The molecule has 13 heteroatoms. The largest absolute Gasteiger partial charge is 0.447 e. The molecule has 37 heavy (non-hydrogen) atoms. The van der Waals surface area contributed by atoms with Crippen molar-refractivity contribution in [1.29, 1.82) is 0 Å². The average molecular weight is 541 g/mol. The summed E-state index contributed by atoms with van der Waals surface area (Å²) in [5.74, 6) is -4.88. The Morgan fingerprint density at radius 2 is 1.92 bits per heavy atom. The minimum Gasteiger partial charge on any atom is -0.447 e. The molecule has 0 radical (unpaired) electrons. The molecule has 0 aliphatic carbocycles. The summed E-state index contributed by atoms with van der Waals surface area (Å²) in [7, 11) is 0. The van der Waals surface area contributed by atoms with Gasteiger partial charge in [-0.15, -0.1) is 0 Å². The maximum Gasteiger partial charge on any atom is 0.414 e. The van der Waals surface area contributed by atoms with Gasteiger partial charge < -0.3 is 25.0 Å². The fraction of sp³-hybridized carbons (Fsp3) is 0.292. The number of aromatic nitrogens is 1. The summed E-state index contributed by atoms with van der Waals surface area (Å²) in [6.07, 6.45) is -2.01. The fourth-order valence-corrected chi connectivity index (χ4v) is 3.44. The van der Waals surface area contributed by atoms with Crippen LogP contribution in [-0.4, -0.2) is 54.0 Å². The van der Waals surface area contributed by atoms with Crippen molar-refractivity contribution in [1.82, 2.24) is 15.8 Å². The number of aliphatic hydroxyl groups is 1. The molecule has 0 spiro atoms. The number of aliphatic hydroxyl groups excluding tert-OH is 1. The molecule has 0 fully saturated rings. The first-order valence-corrected chi connectivity index (χ1v) is 11.4. The number of benzene rings is 2. The van der Waals surface area contributed by atoms with Gasteiger partial charge in [0.15, 0.2) is 0 Å². The highest BCUT2D eigenvalue weighted by molar-refractivity contribution is 6.31. The number of ether oxygens (including phenoxy) is 1. The summed E-state index contributed by atoms with van der Waals surface area (Å²) in [5, 5.41) is 20.0. The van der Waals surface area contributed by atoms with Gasteiger partial charge in [0.1, 0.15) is 24.7 Å². The Morgan fingerprint density at radius 1 is 1.16 bits per heavy atom. The lowest BCUT2D eigenvalue weighted by atomic mass is 10.1. The predicted octanol–water partition coefficient (Wildman–Crippen LogP) is 3.97. The van der Waals surface area contributed by atoms with Crippen LogP contribution in [0.4, 0.5) is 23.8 Å². The number of nitrogens with one attached hydrogen (secondary N) is 3. The van der Waals surface area contributed by atoms with E-state index in [4.69, 9.17) is 26.0 Å². The van der Waals surface area contributed by atoms with Crippen molar-refractivity contribution < 1.29 is 37.1 Å². The van der Waals surface area contributed by atoms with E-state index < -0.39 is 49.4 Å². The van der Waals surface area contributed by atoms with Crippen LogP contribution in [0.2, 0.25) is 5.02 Å². The molecular weight excluding hydrogens is 517 g/mol. The molecule has 9 nitrogen and oxygen atoms in total. The zero-order valence-corrected chi connectivity index (χ0v) is 20.1. The molecule has 2 amide bonds. The quantitative estimate of drug-likeness (QED) is 0.274. The molecule has 3 aromatic rings. The van der Waals surface area contributed by atoms with E-state index >= 15 is 0 Å². The molecule has 1 aromatic heterocycles. The number of hydrogen-bond acceptors (Lipinski definition) is 7. The van der Waals surface area contributed by atoms with E-state index in [2.05, 4.69) is 21.1 Å². The van der Waals surface area contributed by atoms with Crippen LogP contribution < -0.4 is 16.0 Å². The van der Waals surface area contributed by atoms with Gasteiger partial charge in [-0.1, -0.05) is 59.2 Å². The molecule has 0 saturated carbocycles. The van der Waals surface area contributed by atoms with Crippen LogP contribution in [0.3, 0.4) is 0 Å². The molecular formula is C24H24ClF3N4O5. The van der Waals surface area contributed by atoms with Gasteiger partial charge in [-0.05, 0) is 11.6 Å². The van der Waals surface area contributed by atoms with Crippen LogP contribution in [0.15, 0.2) is 59.1 Å². The monoisotopic (exact) mass is 540 g/mol. The Bertz CT molecular complexity index is 1200. The minimum absolute atomic E-state index is 0.0367. The molecule has 2 aromatic carbocycles. The Morgan fingerprint density at radius 3 is 2.65 bits per heavy atom. The van der Waals surface area contributed by atoms with Crippen molar-refractivity contribution in [3.05, 3.63) is 71.0 Å². The lowest BCUT2D eigenvalue weighted by molar-refractivity contribution is -0.122. The molecule has 198 valence electrons. The summed E-state index contributed by atoms with van der Waals surface area (Å²) < 4.78 is 51.1. The van der Waals surface area contributed by atoms with E-state index in [1.165, 1.54) is 18.2 Å². The van der Waals surface area contributed by atoms with Gasteiger partial charge in [-0.2, -0.15) is 0 Å². The van der Waals surface area contributed by atoms with Gasteiger partial charge in [-0.3, -0.25) is 10.1 Å². The first-order chi connectivity index (χ1) is 17.7. The van der Waals surface area contributed by atoms with E-state index in [0.717, 1.165) is 5.56 Å². The second-order valence-electron chi connectivity index (χ2n) is 7.97. The highest BCUT2D eigenvalue weighted by atomic mass is 35.5. The van der Waals surface area contributed by atoms with Crippen LogP contribution in [0, 0.1) is 5.82 Å². The zero-order chi connectivity index (χ0) is 26.8. The normalized spacial score (nSPS) is 12.1. The summed E-state index contributed by atoms with van der Waals surface area (Å²) in [5.41, 5.74) is 1.60. The molecule has 0 bridgehead atoms. The van der Waals surface area contributed by atoms with Crippen molar-refractivity contribution in [2.75, 3.05) is 25.1 Å². The molecule has 1 heterocycles. The zero-order valence-electron chi connectivity index (χ0n) is 19.3. The maximum absolute atomic E-state index is 13.8. The van der Waals surface area contributed by atoms with Crippen molar-refractivity contribution in [2.24, 2.45) is 0 Å². The lowest BCUT2D eigenvalue weighted by Gasteiger charge is -2.23. The third kappa shape index (κ3) is 8.77. The Balaban J connectivity index is 1.51. The lowest BCUT2D eigenvalue weighted by Crippen LogP contribution is -2.46. The molecule has 0 aliphatic rings. The smallest absolute Gasteiger partial charge is 0.414 e. The number of halogens is 4. The first kappa shape index (κ1) is 28.0. The number of hydrogen-bond donors (Lipinski definition) is 4. The second-order valence-corrected chi connectivity index (χ2v) is 8.34. The summed E-state index contributed by atoms with van der Waals surface area (Å²) in [6.45, 7) is -2.35. The van der Waals surface area contributed by atoms with E-state index in [1.54, 1.807) is 30.3 Å². The molecule has 0 saturated heterocycles. The second kappa shape index (κ2) is 13.1. The predicted molar refractivity (Wildman–Crippen MR) is 129 cm³/mol. The highest BCUT2D eigenvalue weighted by Crippen LogP contribution is 2.22. The van der Waals surface area contributed by atoms with Crippen LogP contribution in [-0.2, 0) is 16.1 Å². The van der Waals surface area contributed by atoms with E-state index in [9.17, 15) is 22.8 Å². The van der Waals surface area contributed by atoms with Crippen LogP contribution >= 0.6 is 11.6 Å². The van der Waals surface area contributed by atoms with Crippen LogP contribution in [0.1, 0.15) is 12.0 Å². The number of alkyl halides is 2. The topological polar surface area (TPSA) is 126 Å². The minimum atomic E-state index is -3.53. The molecule has 3 rings (SSSR count). The summed E-state index contributed by atoms with van der Waals surface area (Å²) in [4.78, 5) is 24.4. The number of nitrogens with zero attached hydrogens (tertiary/aromatic N) is 1. The van der Waals surface area contributed by atoms with Crippen LogP contribution in [0.25, 0.3) is 11.3 Å². The summed E-state index contributed by atoms with van der Waals surface area (Å²) >= 11 is 5.86. The number of amides is 2. The molecule has 4 N–H and O–H groups in total. The number of anilines is 1. The van der Waals surface area contributed by atoms with Gasteiger partial charge in [-0.25, -0.2) is 18.0 Å². The standard InChI is InChI=1S/C24H24ClF3N4O5/c25-22-16(7-4-8-18(22)26)11-29-12-20(34)30-17(10-24(27,28)14-33)13-36-23(35)31-21-9-19(32-37-21)15-5-2-1-3-6-15/h1-9,17,29,33H,10-14H2,(H,30,34)(H,31,35)/t17-/m0/s1. The maximum atomic E-state index is 13.8. The van der Waals surface area contributed by atoms with E-state index in [0.29, 0.717) is 11.3 Å². The third-order valence-electron chi connectivity index (χ3n) is 4.99. The molecule has 0 aliphatic heterocycles. The van der Waals surface area contributed by atoms with Gasteiger partial charge in [0.2, 0.25) is 11.8 Å².